The van der Waals surface area contributed by atoms with Crippen molar-refractivity contribution in [2.75, 3.05) is 0 Å². The summed E-state index contributed by atoms with van der Waals surface area (Å²) < 4.78 is 0. The van der Waals surface area contributed by atoms with E-state index in [0.29, 0.717) is 0 Å². The SMILES string of the molecule is NC(CC(=O)O)C(=O)O.NC=O. The molecule has 0 radical (unpaired) electrons. The second kappa shape index (κ2) is 7.48. The van der Waals surface area contributed by atoms with Gasteiger partial charge in [0.25, 0.3) is 0 Å². The normalized spacial score (nSPS) is 10.4. The highest BCUT2D eigenvalue weighted by atomic mass is 16.4. The first kappa shape index (κ1) is 13.0. The third-order valence-corrected chi connectivity index (χ3v) is 0.712. The second-order valence-corrected chi connectivity index (χ2v) is 1.68. The molecule has 0 aliphatic heterocycles. The second-order valence-electron chi connectivity index (χ2n) is 1.68. The summed E-state index contributed by atoms with van der Waals surface area (Å²) >= 11 is 0. The van der Waals surface area contributed by atoms with Crippen LogP contribution in [0.5, 0.6) is 0 Å². The molecule has 0 spiro atoms. The molecule has 0 aromatic heterocycles. The van der Waals surface area contributed by atoms with Gasteiger partial charge in [-0.15, -0.1) is 0 Å². The Kier molecular flexibility index (Phi) is 8.10. The molecule has 12 heavy (non-hydrogen) atoms. The van der Waals surface area contributed by atoms with Gasteiger partial charge in [-0.3, -0.25) is 14.4 Å². The summed E-state index contributed by atoms with van der Waals surface area (Å²) in [6, 6.07) is -1.29. The van der Waals surface area contributed by atoms with Crippen LogP contribution in [0.25, 0.3) is 0 Å². The number of hydrogen-bond acceptors (Lipinski definition) is 4. The van der Waals surface area contributed by atoms with Crippen molar-refractivity contribution >= 4 is 18.3 Å². The van der Waals surface area contributed by atoms with Gasteiger partial charge in [-0.2, -0.15) is 0 Å². The number of carboxylic acid groups (broad SMARTS) is 2. The van der Waals surface area contributed by atoms with E-state index in [4.69, 9.17) is 20.7 Å². The van der Waals surface area contributed by atoms with Crippen LogP contribution in [-0.2, 0) is 14.4 Å². The number of nitrogens with two attached hydrogens (primary N) is 2. The van der Waals surface area contributed by atoms with Crippen molar-refractivity contribution in [2.24, 2.45) is 11.5 Å². The summed E-state index contributed by atoms with van der Waals surface area (Å²) in [4.78, 5) is 28.2. The van der Waals surface area contributed by atoms with E-state index in [1.165, 1.54) is 0 Å². The van der Waals surface area contributed by atoms with Crippen molar-refractivity contribution in [3.8, 4) is 0 Å². The molecule has 6 N–H and O–H groups in total. The van der Waals surface area contributed by atoms with Gasteiger partial charge in [0.05, 0.1) is 6.42 Å². The van der Waals surface area contributed by atoms with E-state index >= 15 is 0 Å². The molecule has 0 saturated heterocycles. The van der Waals surface area contributed by atoms with Crippen molar-refractivity contribution in [3.05, 3.63) is 0 Å². The predicted octanol–water partition coefficient (Wildman–Crippen LogP) is -2.03. The van der Waals surface area contributed by atoms with Gasteiger partial charge in [-0.25, -0.2) is 0 Å². The Morgan fingerprint density at radius 1 is 1.42 bits per heavy atom. The Balaban J connectivity index is 0. The molecule has 0 heterocycles. The number of amides is 1. The average molecular weight is 178 g/mol. The quantitative estimate of drug-likeness (QED) is 0.367. The Hall–Kier alpha value is -1.63. The molecule has 0 aliphatic carbocycles. The topological polar surface area (TPSA) is 144 Å². The van der Waals surface area contributed by atoms with E-state index < -0.39 is 24.4 Å². The number of carboxylic acids is 2. The highest BCUT2D eigenvalue weighted by Gasteiger charge is 2.14. The number of carbonyl (C=O) groups excluding carboxylic acids is 1. The maximum absolute atomic E-state index is 9.85. The fourth-order valence-electron chi connectivity index (χ4n) is 0.275. The molecule has 1 atom stereocenters. The zero-order chi connectivity index (χ0) is 10.1. The Morgan fingerprint density at radius 2 is 1.75 bits per heavy atom. The monoisotopic (exact) mass is 178 g/mol. The van der Waals surface area contributed by atoms with Gasteiger partial charge >= 0.3 is 11.9 Å². The van der Waals surface area contributed by atoms with E-state index in [-0.39, 0.29) is 6.41 Å². The highest BCUT2D eigenvalue weighted by molar-refractivity contribution is 5.80. The molecule has 1 unspecified atom stereocenters. The fraction of sp³-hybridized carbons (Fsp3) is 0.400. The molecule has 0 aromatic carbocycles. The van der Waals surface area contributed by atoms with Crippen molar-refractivity contribution < 1.29 is 24.6 Å². The lowest BCUT2D eigenvalue weighted by Gasteiger charge is -1.99. The van der Waals surface area contributed by atoms with Crippen LogP contribution in [0.3, 0.4) is 0 Å². The Labute approximate surface area is 68.0 Å². The summed E-state index contributed by atoms with van der Waals surface area (Å²) in [5.41, 5.74) is 9.00. The standard InChI is InChI=1S/C4H7NO4.CH3NO/c5-2(4(8)9)1-3(6)7;2-1-3/h2H,1,5H2,(H,6,7)(H,8,9);1H,(H2,2,3). The molecule has 0 aliphatic rings. The van der Waals surface area contributed by atoms with E-state index in [0.717, 1.165) is 0 Å². The Morgan fingerprint density at radius 3 is 1.83 bits per heavy atom. The summed E-state index contributed by atoms with van der Waals surface area (Å²) in [5, 5.41) is 16.0. The van der Waals surface area contributed by atoms with E-state index in [1.807, 2.05) is 0 Å². The first-order valence-corrected chi connectivity index (χ1v) is 2.81. The lowest BCUT2D eigenvalue weighted by Crippen LogP contribution is -2.32. The van der Waals surface area contributed by atoms with Crippen molar-refractivity contribution in [1.82, 2.24) is 0 Å². The molecule has 0 fully saturated rings. The minimum atomic E-state index is -1.29. The van der Waals surface area contributed by atoms with Crippen molar-refractivity contribution in [2.45, 2.75) is 12.5 Å². The third kappa shape index (κ3) is 11.2. The van der Waals surface area contributed by atoms with Crippen LogP contribution >= 0.6 is 0 Å². The average Bonchev–Trinajstić information content (AvgIpc) is 1.87. The largest absolute Gasteiger partial charge is 0.481 e. The van der Waals surface area contributed by atoms with Crippen LogP contribution in [0.4, 0.5) is 0 Å². The lowest BCUT2D eigenvalue weighted by molar-refractivity contribution is -0.144. The minimum absolute atomic E-state index is 0.250. The maximum atomic E-state index is 9.85. The van der Waals surface area contributed by atoms with Gasteiger partial charge in [-0.1, -0.05) is 0 Å². The predicted molar refractivity (Wildman–Crippen MR) is 38.1 cm³/mol. The molecule has 0 bridgehead atoms. The fourth-order valence-corrected chi connectivity index (χ4v) is 0.275. The number of carbonyl (C=O) groups is 3. The van der Waals surface area contributed by atoms with E-state index in [2.05, 4.69) is 5.73 Å². The van der Waals surface area contributed by atoms with Gasteiger partial charge in [0.15, 0.2) is 0 Å². The van der Waals surface area contributed by atoms with Gasteiger partial charge in [0, 0.05) is 0 Å². The van der Waals surface area contributed by atoms with Crippen LogP contribution in [0, 0.1) is 0 Å². The highest BCUT2D eigenvalue weighted by Crippen LogP contribution is 1.86. The number of hydrogen-bond donors (Lipinski definition) is 4. The van der Waals surface area contributed by atoms with E-state index in [9.17, 15) is 9.59 Å². The number of rotatable bonds is 3. The summed E-state index contributed by atoms with van der Waals surface area (Å²) in [6.07, 6.45) is -0.282. The molecule has 70 valence electrons. The number of aliphatic carboxylic acids is 2. The Bertz CT molecular complexity index is 169. The molecule has 7 nitrogen and oxygen atoms in total. The molecule has 0 saturated carbocycles. The summed E-state index contributed by atoms with van der Waals surface area (Å²) in [5.74, 6) is -2.50. The van der Waals surface area contributed by atoms with Crippen LogP contribution in [-0.4, -0.2) is 34.6 Å². The summed E-state index contributed by atoms with van der Waals surface area (Å²) in [6.45, 7) is 0. The van der Waals surface area contributed by atoms with Gasteiger partial charge < -0.3 is 21.7 Å². The first-order chi connectivity index (χ1) is 5.45. The smallest absolute Gasteiger partial charge is 0.321 e. The molecular formula is C5H10N2O5. The third-order valence-electron chi connectivity index (χ3n) is 0.712. The van der Waals surface area contributed by atoms with Crippen LogP contribution in [0.2, 0.25) is 0 Å². The first-order valence-electron chi connectivity index (χ1n) is 2.81. The molecule has 1 amide bonds. The zero-order valence-corrected chi connectivity index (χ0v) is 6.14. The van der Waals surface area contributed by atoms with Crippen molar-refractivity contribution in [1.29, 1.82) is 0 Å². The minimum Gasteiger partial charge on any atom is -0.481 e. The molecular weight excluding hydrogens is 168 g/mol. The summed E-state index contributed by atoms with van der Waals surface area (Å²) in [7, 11) is 0. The van der Waals surface area contributed by atoms with Crippen LogP contribution in [0.1, 0.15) is 6.42 Å². The molecule has 0 rings (SSSR count). The lowest BCUT2D eigenvalue weighted by atomic mass is 10.2. The van der Waals surface area contributed by atoms with Gasteiger partial charge in [-0.05, 0) is 0 Å². The van der Waals surface area contributed by atoms with Crippen LogP contribution < -0.4 is 11.5 Å². The van der Waals surface area contributed by atoms with Crippen LogP contribution in [0.15, 0.2) is 0 Å². The molecule has 0 aromatic rings. The van der Waals surface area contributed by atoms with Gasteiger partial charge in [0.2, 0.25) is 6.41 Å². The zero-order valence-electron chi connectivity index (χ0n) is 6.14. The maximum Gasteiger partial charge on any atom is 0.321 e. The molecule has 7 heteroatoms. The van der Waals surface area contributed by atoms with E-state index in [1.54, 1.807) is 0 Å². The number of primary amides is 1. The van der Waals surface area contributed by atoms with Crippen molar-refractivity contribution in [3.63, 3.8) is 0 Å². The van der Waals surface area contributed by atoms with Gasteiger partial charge in [0.1, 0.15) is 6.04 Å².